The van der Waals surface area contributed by atoms with Gasteiger partial charge in [0.1, 0.15) is 0 Å². The van der Waals surface area contributed by atoms with Crippen molar-refractivity contribution < 1.29 is 23.0 Å². The van der Waals surface area contributed by atoms with Gasteiger partial charge in [-0.05, 0) is 12.1 Å². The topological polar surface area (TPSA) is 72.8 Å². The third-order valence-electron chi connectivity index (χ3n) is 1.98. The molecule has 17 heavy (non-hydrogen) atoms. The molecule has 0 spiro atoms. The van der Waals surface area contributed by atoms with E-state index in [0.717, 1.165) is 0 Å². The summed E-state index contributed by atoms with van der Waals surface area (Å²) in [6.07, 6.45) is 0.509. The van der Waals surface area contributed by atoms with E-state index in [0.29, 0.717) is 24.5 Å². The minimum Gasteiger partial charge on any atom is -0.493 e. The van der Waals surface area contributed by atoms with Crippen molar-refractivity contribution in [3.8, 4) is 11.5 Å². The van der Waals surface area contributed by atoms with E-state index in [4.69, 9.17) is 14.6 Å². The lowest BCUT2D eigenvalue weighted by Gasteiger charge is -2.10. The van der Waals surface area contributed by atoms with Gasteiger partial charge >= 0.3 is 0 Å². The minimum atomic E-state index is -3.28. The molecular weight excluding hydrogens is 359 g/mol. The maximum atomic E-state index is 11.3. The molecule has 1 rings (SSSR count). The summed E-state index contributed by atoms with van der Waals surface area (Å²) in [4.78, 5) is 0.171. The number of ether oxygens (including phenoxy) is 2. The number of aliphatic hydroxyl groups is 1. The van der Waals surface area contributed by atoms with Gasteiger partial charge in [-0.2, -0.15) is 0 Å². The molecule has 0 radical (unpaired) electrons. The summed E-state index contributed by atoms with van der Waals surface area (Å²) in [6, 6.07) is 4.41. The maximum absolute atomic E-state index is 11.3. The number of aliphatic hydroxyl groups excluding tert-OH is 1. The number of benzene rings is 1. The van der Waals surface area contributed by atoms with Gasteiger partial charge in [0, 0.05) is 19.1 Å². The molecule has 0 heterocycles. The standard InChI is InChI=1S/C10H13IO5S/c1-15-10-7-8(17(11,13)14)3-4-9(10)16-6-2-5-12/h3-4,7,12H,2,5-6H2,1H3. The molecule has 1 aromatic rings. The average molecular weight is 372 g/mol. The first-order chi connectivity index (χ1) is 7.99. The Kier molecular flexibility index (Phi) is 5.47. The Morgan fingerprint density at radius 1 is 1.35 bits per heavy atom. The summed E-state index contributed by atoms with van der Waals surface area (Å²) in [6.45, 7) is 0.395. The second kappa shape index (κ2) is 6.41. The molecule has 0 aromatic heterocycles. The first-order valence-electron chi connectivity index (χ1n) is 4.85. The van der Waals surface area contributed by atoms with Crippen molar-refractivity contribution in [3.63, 3.8) is 0 Å². The SMILES string of the molecule is COc1cc(S(=O)(=O)I)ccc1OCCCO. The molecule has 0 atom stereocenters. The number of methoxy groups -OCH3 is 1. The van der Waals surface area contributed by atoms with Gasteiger partial charge in [-0.3, -0.25) is 0 Å². The zero-order valence-corrected chi connectivity index (χ0v) is 12.2. The smallest absolute Gasteiger partial charge is 0.231 e. The third-order valence-corrected chi connectivity index (χ3v) is 4.32. The van der Waals surface area contributed by atoms with Crippen molar-refractivity contribution in [2.45, 2.75) is 11.3 Å². The quantitative estimate of drug-likeness (QED) is 0.466. The van der Waals surface area contributed by atoms with Gasteiger partial charge in [-0.25, -0.2) is 8.42 Å². The van der Waals surface area contributed by atoms with Gasteiger partial charge in [0.25, 0.3) is 0 Å². The largest absolute Gasteiger partial charge is 0.493 e. The lowest BCUT2D eigenvalue weighted by atomic mass is 10.3. The predicted molar refractivity (Wildman–Crippen MR) is 71.4 cm³/mol. The van der Waals surface area contributed by atoms with Crippen LogP contribution in [0.25, 0.3) is 0 Å². The molecule has 0 amide bonds. The Morgan fingerprint density at radius 3 is 2.59 bits per heavy atom. The highest BCUT2D eigenvalue weighted by Crippen LogP contribution is 2.31. The van der Waals surface area contributed by atoms with E-state index in [2.05, 4.69) is 0 Å². The van der Waals surface area contributed by atoms with Crippen molar-refractivity contribution in [2.75, 3.05) is 20.3 Å². The van der Waals surface area contributed by atoms with Crippen LogP contribution in [0.1, 0.15) is 6.42 Å². The molecule has 0 aliphatic heterocycles. The monoisotopic (exact) mass is 372 g/mol. The molecule has 0 fully saturated rings. The molecule has 7 heteroatoms. The van der Waals surface area contributed by atoms with Crippen LogP contribution in [0.4, 0.5) is 0 Å². The van der Waals surface area contributed by atoms with E-state index < -0.39 is 7.01 Å². The molecule has 5 nitrogen and oxygen atoms in total. The van der Waals surface area contributed by atoms with Crippen LogP contribution < -0.4 is 9.47 Å². The van der Waals surface area contributed by atoms with Crippen LogP contribution in [0.5, 0.6) is 11.5 Å². The zero-order chi connectivity index (χ0) is 12.9. The zero-order valence-electron chi connectivity index (χ0n) is 9.22. The number of halogens is 1. The summed E-state index contributed by atoms with van der Waals surface area (Å²) >= 11 is 1.36. The van der Waals surface area contributed by atoms with Crippen LogP contribution in [0.15, 0.2) is 23.1 Å². The normalized spacial score (nSPS) is 11.2. The van der Waals surface area contributed by atoms with Crippen molar-refractivity contribution in [1.82, 2.24) is 0 Å². The summed E-state index contributed by atoms with van der Waals surface area (Å²) in [5, 5.41) is 8.63. The Balaban J connectivity index is 2.94. The number of rotatable bonds is 6. The molecule has 0 saturated carbocycles. The lowest BCUT2D eigenvalue weighted by Crippen LogP contribution is -2.02. The van der Waals surface area contributed by atoms with Gasteiger partial charge in [-0.15, -0.1) is 0 Å². The highest BCUT2D eigenvalue weighted by Gasteiger charge is 2.13. The molecular formula is C10H13IO5S. The molecule has 0 saturated heterocycles. The molecule has 1 aromatic carbocycles. The van der Waals surface area contributed by atoms with Gasteiger partial charge < -0.3 is 14.6 Å². The second-order valence-corrected chi connectivity index (χ2v) is 8.00. The van der Waals surface area contributed by atoms with Gasteiger partial charge in [0.2, 0.25) is 7.01 Å². The van der Waals surface area contributed by atoms with Gasteiger partial charge in [-0.1, -0.05) is 0 Å². The lowest BCUT2D eigenvalue weighted by molar-refractivity contribution is 0.228. The van der Waals surface area contributed by atoms with Crippen molar-refractivity contribution in [1.29, 1.82) is 0 Å². The van der Waals surface area contributed by atoms with Crippen LogP contribution in [0, 0.1) is 0 Å². The maximum Gasteiger partial charge on any atom is 0.231 e. The van der Waals surface area contributed by atoms with Crippen molar-refractivity contribution in [3.05, 3.63) is 18.2 Å². The highest BCUT2D eigenvalue weighted by molar-refractivity contribution is 14.2. The van der Waals surface area contributed by atoms with E-state index >= 15 is 0 Å². The molecule has 0 bridgehead atoms. The van der Waals surface area contributed by atoms with E-state index in [9.17, 15) is 8.42 Å². The molecule has 0 aliphatic rings. The fourth-order valence-electron chi connectivity index (χ4n) is 1.17. The van der Waals surface area contributed by atoms with Crippen LogP contribution in [-0.4, -0.2) is 33.8 Å². The highest BCUT2D eigenvalue weighted by atomic mass is 127. The van der Waals surface area contributed by atoms with E-state index in [1.54, 1.807) is 6.07 Å². The summed E-state index contributed by atoms with van der Waals surface area (Å²) < 4.78 is 33.1. The first-order valence-corrected chi connectivity index (χ1v) is 8.88. The Morgan fingerprint density at radius 2 is 2.06 bits per heavy atom. The van der Waals surface area contributed by atoms with Crippen LogP contribution in [-0.2, 0) is 7.01 Å². The van der Waals surface area contributed by atoms with Crippen LogP contribution >= 0.6 is 21.2 Å². The van der Waals surface area contributed by atoms with Crippen LogP contribution in [0.2, 0.25) is 0 Å². The van der Waals surface area contributed by atoms with Gasteiger partial charge in [0.15, 0.2) is 11.5 Å². The minimum absolute atomic E-state index is 0.0442. The Hall–Kier alpha value is -0.540. The molecule has 96 valence electrons. The fourth-order valence-corrected chi connectivity index (χ4v) is 2.47. The Labute approximate surface area is 112 Å². The number of hydrogen-bond acceptors (Lipinski definition) is 5. The number of hydrogen-bond donors (Lipinski definition) is 1. The Bertz CT molecular complexity index is 472. The summed E-state index contributed by atoms with van der Waals surface area (Å²) in [7, 11) is -1.84. The van der Waals surface area contributed by atoms with E-state index in [-0.39, 0.29) is 11.5 Å². The summed E-state index contributed by atoms with van der Waals surface area (Å²) in [5.41, 5.74) is 0. The average Bonchev–Trinajstić information content (AvgIpc) is 2.28. The summed E-state index contributed by atoms with van der Waals surface area (Å²) in [5.74, 6) is 0.824. The second-order valence-electron chi connectivity index (χ2n) is 3.18. The van der Waals surface area contributed by atoms with E-state index in [1.165, 1.54) is 40.4 Å². The van der Waals surface area contributed by atoms with Crippen molar-refractivity contribution in [2.24, 2.45) is 0 Å². The van der Waals surface area contributed by atoms with Crippen LogP contribution in [0.3, 0.4) is 0 Å². The third kappa shape index (κ3) is 4.32. The van der Waals surface area contributed by atoms with Crippen molar-refractivity contribution >= 4 is 28.2 Å². The fraction of sp³-hybridized carbons (Fsp3) is 0.400. The van der Waals surface area contributed by atoms with Gasteiger partial charge in [0.05, 0.1) is 39.8 Å². The first kappa shape index (κ1) is 14.5. The predicted octanol–water partition coefficient (Wildman–Crippen LogP) is 1.58. The molecule has 0 unspecified atom stereocenters. The van der Waals surface area contributed by atoms with E-state index in [1.807, 2.05) is 0 Å². The molecule has 0 aliphatic carbocycles. The molecule has 1 N–H and O–H groups in total.